The molecule has 2 heterocycles. The number of aromatic nitrogens is 1. The lowest BCUT2D eigenvalue weighted by Crippen LogP contribution is -2.38. The Morgan fingerprint density at radius 2 is 1.72 bits per heavy atom. The predicted octanol–water partition coefficient (Wildman–Crippen LogP) is 6.17. The third-order valence-corrected chi connectivity index (χ3v) is 6.20. The van der Waals surface area contributed by atoms with E-state index in [0.717, 1.165) is 35.2 Å². The number of carbonyl (C=O) groups excluding carboxylic acids is 2. The molecule has 0 unspecified atom stereocenters. The largest absolute Gasteiger partial charge is 0.487 e. The monoisotopic (exact) mass is 486 g/mol. The number of rotatable bonds is 5. The minimum atomic E-state index is -0.518. The number of aryl methyl sites for hydroxylation is 1. The molecule has 6 heteroatoms. The van der Waals surface area contributed by atoms with Gasteiger partial charge in [0.1, 0.15) is 18.0 Å². The fourth-order valence-electron chi connectivity index (χ4n) is 4.33. The van der Waals surface area contributed by atoms with Gasteiger partial charge in [0.15, 0.2) is 5.78 Å². The van der Waals surface area contributed by atoms with E-state index in [0.29, 0.717) is 31.0 Å². The van der Waals surface area contributed by atoms with E-state index in [-0.39, 0.29) is 11.9 Å². The third-order valence-electron chi connectivity index (χ3n) is 6.20. The summed E-state index contributed by atoms with van der Waals surface area (Å²) in [5, 5.41) is 0. The van der Waals surface area contributed by atoms with E-state index < -0.39 is 5.60 Å². The van der Waals surface area contributed by atoms with Crippen molar-refractivity contribution in [2.75, 3.05) is 13.1 Å². The Hall–Kier alpha value is -3.67. The fraction of sp³-hybridized carbons (Fsp3) is 0.367. The predicted molar refractivity (Wildman–Crippen MR) is 140 cm³/mol. The van der Waals surface area contributed by atoms with Gasteiger partial charge in [-0.05, 0) is 100 Å². The quantitative estimate of drug-likeness (QED) is 0.403. The van der Waals surface area contributed by atoms with Crippen LogP contribution in [0.1, 0.15) is 60.4 Å². The summed E-state index contributed by atoms with van der Waals surface area (Å²) in [5.41, 5.74) is 6.35. The summed E-state index contributed by atoms with van der Waals surface area (Å²) in [6.07, 6.45) is 3.01. The highest BCUT2D eigenvalue weighted by Gasteiger charge is 2.24. The highest BCUT2D eigenvalue weighted by molar-refractivity contribution is 5.96. The molecule has 0 bridgehead atoms. The van der Waals surface area contributed by atoms with Gasteiger partial charge in [0.05, 0.1) is 5.69 Å². The van der Waals surface area contributed by atoms with Gasteiger partial charge in [-0.25, -0.2) is 4.79 Å². The molecule has 0 saturated heterocycles. The van der Waals surface area contributed by atoms with Crippen molar-refractivity contribution in [1.29, 1.82) is 0 Å². The summed E-state index contributed by atoms with van der Waals surface area (Å²) in [6, 6.07) is 15.9. The average Bonchev–Trinajstić information content (AvgIpc) is 3.04. The minimum absolute atomic E-state index is 0.00548. The average molecular weight is 487 g/mol. The van der Waals surface area contributed by atoms with E-state index in [1.54, 1.807) is 24.1 Å². The van der Waals surface area contributed by atoms with Crippen LogP contribution in [0.3, 0.4) is 0 Å². The van der Waals surface area contributed by atoms with Gasteiger partial charge in [-0.3, -0.25) is 9.78 Å². The summed E-state index contributed by atoms with van der Waals surface area (Å²) in [4.78, 5) is 30.9. The summed E-state index contributed by atoms with van der Waals surface area (Å²) < 4.78 is 11.8. The Bertz CT molecular complexity index is 1280. The third kappa shape index (κ3) is 6.30. The van der Waals surface area contributed by atoms with E-state index >= 15 is 0 Å². The lowest BCUT2D eigenvalue weighted by Gasteiger charge is -2.26. The van der Waals surface area contributed by atoms with Gasteiger partial charge in [0, 0.05) is 30.4 Å². The number of fused-ring (bicyclic) bond motifs is 1. The number of amides is 1. The summed E-state index contributed by atoms with van der Waals surface area (Å²) in [7, 11) is 0. The van der Waals surface area contributed by atoms with Gasteiger partial charge in [-0.15, -0.1) is 0 Å². The van der Waals surface area contributed by atoms with Crippen LogP contribution in [-0.2, 0) is 24.2 Å². The van der Waals surface area contributed by atoms with Crippen molar-refractivity contribution in [3.8, 4) is 16.9 Å². The zero-order valence-corrected chi connectivity index (χ0v) is 21.8. The second-order valence-electron chi connectivity index (χ2n) is 10.3. The maximum atomic E-state index is 12.6. The van der Waals surface area contributed by atoms with Gasteiger partial charge in [-0.2, -0.15) is 0 Å². The molecule has 0 aliphatic carbocycles. The Morgan fingerprint density at radius 3 is 2.42 bits per heavy atom. The first-order chi connectivity index (χ1) is 17.1. The molecule has 1 amide bonds. The van der Waals surface area contributed by atoms with E-state index in [1.165, 1.54) is 11.1 Å². The molecule has 0 fully saturated rings. The molecule has 0 saturated carbocycles. The zero-order valence-electron chi connectivity index (χ0n) is 21.8. The molecule has 3 aromatic rings. The standard InChI is InChI=1S/C30H34N2O4/c1-20-10-13-31-26(16-20)19-35-28-9-8-23(21(2)33)18-27(28)25-7-6-22-11-14-32(15-12-24(22)17-25)29(34)36-30(3,4)5/h6-10,13,16-18H,11-12,14-15,19H2,1-5H3. The number of nitrogens with zero attached hydrogens (tertiary/aromatic N) is 2. The highest BCUT2D eigenvalue weighted by atomic mass is 16.6. The molecular weight excluding hydrogens is 452 g/mol. The highest BCUT2D eigenvalue weighted by Crippen LogP contribution is 2.34. The first-order valence-corrected chi connectivity index (χ1v) is 12.4. The van der Waals surface area contributed by atoms with E-state index in [4.69, 9.17) is 9.47 Å². The van der Waals surface area contributed by atoms with Crippen LogP contribution in [-0.4, -0.2) is 40.5 Å². The van der Waals surface area contributed by atoms with Crippen LogP contribution in [0.4, 0.5) is 4.79 Å². The molecule has 188 valence electrons. The SMILES string of the molecule is CC(=O)c1ccc(OCc2cc(C)ccn2)c(-c2ccc3c(c2)CCN(C(=O)OC(C)(C)C)CC3)c1. The molecule has 1 aliphatic rings. The Kier molecular flexibility index (Phi) is 7.43. The van der Waals surface area contributed by atoms with Gasteiger partial charge in [-0.1, -0.05) is 18.2 Å². The van der Waals surface area contributed by atoms with Crippen LogP contribution in [0.2, 0.25) is 0 Å². The Balaban J connectivity index is 1.60. The molecular formula is C30H34N2O4. The molecule has 0 atom stereocenters. The Labute approximate surface area is 213 Å². The van der Waals surface area contributed by atoms with Crippen LogP contribution < -0.4 is 4.74 Å². The van der Waals surface area contributed by atoms with Crippen LogP contribution in [0.15, 0.2) is 54.7 Å². The van der Waals surface area contributed by atoms with Gasteiger partial charge in [0.2, 0.25) is 0 Å². The first-order valence-electron chi connectivity index (χ1n) is 12.4. The van der Waals surface area contributed by atoms with Crippen LogP contribution in [0, 0.1) is 6.92 Å². The topological polar surface area (TPSA) is 68.7 Å². The van der Waals surface area contributed by atoms with Crippen LogP contribution >= 0.6 is 0 Å². The lowest BCUT2D eigenvalue weighted by molar-refractivity contribution is 0.0258. The van der Waals surface area contributed by atoms with Crippen LogP contribution in [0.25, 0.3) is 11.1 Å². The van der Waals surface area contributed by atoms with Gasteiger partial charge < -0.3 is 14.4 Å². The van der Waals surface area contributed by atoms with Crippen molar-refractivity contribution in [2.45, 2.75) is 59.7 Å². The van der Waals surface area contributed by atoms with Crippen molar-refractivity contribution < 1.29 is 19.1 Å². The second kappa shape index (κ2) is 10.5. The number of benzene rings is 2. The molecule has 6 nitrogen and oxygen atoms in total. The van der Waals surface area contributed by atoms with E-state index in [1.807, 2.05) is 52.0 Å². The normalized spacial score (nSPS) is 13.5. The summed E-state index contributed by atoms with van der Waals surface area (Å²) >= 11 is 0. The molecule has 0 spiro atoms. The smallest absolute Gasteiger partial charge is 0.410 e. The lowest BCUT2D eigenvalue weighted by atomic mass is 9.94. The van der Waals surface area contributed by atoms with Crippen molar-refractivity contribution in [2.24, 2.45) is 0 Å². The molecule has 4 rings (SSSR count). The molecule has 1 aromatic heterocycles. The molecule has 36 heavy (non-hydrogen) atoms. The van der Waals surface area contributed by atoms with Crippen molar-refractivity contribution in [3.63, 3.8) is 0 Å². The second-order valence-corrected chi connectivity index (χ2v) is 10.3. The van der Waals surface area contributed by atoms with E-state index in [9.17, 15) is 9.59 Å². The van der Waals surface area contributed by atoms with Gasteiger partial charge >= 0.3 is 6.09 Å². The maximum Gasteiger partial charge on any atom is 0.410 e. The number of Topliss-reactive ketones (excluding diaryl/α,β-unsaturated/α-hetero) is 1. The zero-order chi connectivity index (χ0) is 25.9. The van der Waals surface area contributed by atoms with Crippen molar-refractivity contribution >= 4 is 11.9 Å². The maximum absolute atomic E-state index is 12.6. The number of ether oxygens (including phenoxy) is 2. The number of carbonyl (C=O) groups is 2. The number of pyridine rings is 1. The number of ketones is 1. The number of hydrogen-bond acceptors (Lipinski definition) is 5. The fourth-order valence-corrected chi connectivity index (χ4v) is 4.33. The minimum Gasteiger partial charge on any atom is -0.487 e. The Morgan fingerprint density at radius 1 is 0.972 bits per heavy atom. The number of hydrogen-bond donors (Lipinski definition) is 0. The summed E-state index contributed by atoms with van der Waals surface area (Å²) in [6.45, 7) is 10.8. The molecule has 0 N–H and O–H groups in total. The van der Waals surface area contributed by atoms with Gasteiger partial charge in [0.25, 0.3) is 0 Å². The molecule has 1 aliphatic heterocycles. The molecule has 2 aromatic carbocycles. The van der Waals surface area contributed by atoms with Crippen molar-refractivity contribution in [3.05, 3.63) is 82.7 Å². The molecule has 0 radical (unpaired) electrons. The van der Waals surface area contributed by atoms with Crippen molar-refractivity contribution in [1.82, 2.24) is 9.88 Å². The first kappa shape index (κ1) is 25.4. The summed E-state index contributed by atoms with van der Waals surface area (Å²) in [5.74, 6) is 0.707. The van der Waals surface area contributed by atoms with E-state index in [2.05, 4.69) is 23.2 Å². The van der Waals surface area contributed by atoms with Crippen LogP contribution in [0.5, 0.6) is 5.75 Å².